The monoisotopic (exact) mass is 643 g/mol. The van der Waals surface area contributed by atoms with Gasteiger partial charge in [0, 0.05) is 75.3 Å². The molecule has 1 spiro atoms. The number of rotatable bonds is 5. The number of H-pyrrole nitrogens is 1. The Kier molecular flexibility index (Phi) is 8.75. The number of nitrogens with zero attached hydrogens (tertiary/aromatic N) is 6. The molecule has 0 unspecified atom stereocenters. The highest BCUT2D eigenvalue weighted by atomic mass is 16.6. The minimum absolute atomic E-state index is 0.0510. The van der Waals surface area contributed by atoms with Gasteiger partial charge in [0.1, 0.15) is 17.5 Å². The van der Waals surface area contributed by atoms with E-state index in [0.717, 1.165) is 66.6 Å². The molecule has 0 bridgehead atoms. The Morgan fingerprint density at radius 3 is 2.68 bits per heavy atom. The van der Waals surface area contributed by atoms with Crippen molar-refractivity contribution >= 4 is 34.8 Å². The zero-order valence-corrected chi connectivity index (χ0v) is 27.3. The van der Waals surface area contributed by atoms with Crippen LogP contribution in [0.5, 0.6) is 0 Å². The first-order chi connectivity index (χ1) is 22.8. The average Bonchev–Trinajstić information content (AvgIpc) is 3.46. The molecule has 3 aromatic rings. The number of nitrogens with one attached hydrogen (secondary N) is 3. The molecule has 3 saturated heterocycles. The summed E-state index contributed by atoms with van der Waals surface area (Å²) in [6.45, 7) is 8.10. The molecular formula is C34H45N9O4. The van der Waals surface area contributed by atoms with Crippen LogP contribution in [0.25, 0.3) is 10.9 Å². The Hall–Kier alpha value is -4.23. The number of pyridine rings is 1. The number of amides is 4. The van der Waals surface area contributed by atoms with E-state index in [4.69, 9.17) is 4.74 Å². The Bertz CT molecular complexity index is 1630. The number of hydrogen-bond donors (Lipinski definition) is 3. The maximum atomic E-state index is 14.2. The second-order valence-corrected chi connectivity index (χ2v) is 13.6. The Labute approximate surface area is 275 Å². The van der Waals surface area contributed by atoms with Crippen LogP contribution in [0, 0.1) is 6.92 Å². The Morgan fingerprint density at radius 1 is 1.06 bits per heavy atom. The van der Waals surface area contributed by atoms with E-state index in [1.54, 1.807) is 17.3 Å². The van der Waals surface area contributed by atoms with Crippen molar-refractivity contribution in [1.29, 1.82) is 0 Å². The summed E-state index contributed by atoms with van der Waals surface area (Å²) >= 11 is 0. The van der Waals surface area contributed by atoms with Gasteiger partial charge in [-0.1, -0.05) is 6.07 Å². The number of piperazine rings is 1. The minimum Gasteiger partial charge on any atom is -0.438 e. The van der Waals surface area contributed by atoms with E-state index in [1.165, 1.54) is 0 Å². The highest BCUT2D eigenvalue weighted by molar-refractivity contribution is 5.89. The molecule has 47 heavy (non-hydrogen) atoms. The number of carbonyl (C=O) groups excluding carboxylic acids is 3. The van der Waals surface area contributed by atoms with Crippen molar-refractivity contribution in [3.63, 3.8) is 0 Å². The first kappa shape index (κ1) is 31.4. The molecule has 2 aromatic heterocycles. The van der Waals surface area contributed by atoms with E-state index in [9.17, 15) is 14.4 Å². The quantitative estimate of drug-likeness (QED) is 0.386. The number of benzene rings is 1. The van der Waals surface area contributed by atoms with Crippen molar-refractivity contribution in [2.45, 2.75) is 63.1 Å². The predicted octanol–water partition coefficient (Wildman–Crippen LogP) is 3.07. The van der Waals surface area contributed by atoms with E-state index in [-0.39, 0.29) is 11.9 Å². The molecule has 0 radical (unpaired) electrons. The summed E-state index contributed by atoms with van der Waals surface area (Å²) in [4.78, 5) is 53.5. The molecule has 250 valence electrons. The van der Waals surface area contributed by atoms with Gasteiger partial charge < -0.3 is 24.8 Å². The SMILES string of the molecule is Cc1cc(C[C@@H](NC(=O)N2CCC[C@@]3(CC2)OC(=O)Nc2ncccc23)C(=O)N2CCN(C3CCN(C)CC3)CC2)cc2cn[nH]c12. The van der Waals surface area contributed by atoms with E-state index >= 15 is 0 Å². The Balaban J connectivity index is 1.06. The molecule has 0 aliphatic carbocycles. The number of aromatic nitrogens is 3. The maximum absolute atomic E-state index is 14.2. The molecule has 13 heteroatoms. The van der Waals surface area contributed by atoms with E-state index in [2.05, 4.69) is 48.7 Å². The molecule has 3 N–H and O–H groups in total. The lowest BCUT2D eigenvalue weighted by Crippen LogP contribution is -2.59. The third-order valence-electron chi connectivity index (χ3n) is 10.6. The van der Waals surface area contributed by atoms with Crippen LogP contribution in [-0.4, -0.2) is 124 Å². The standard InChI is InChI=1S/C34H45N9O4/c1-23-19-24(20-25-22-36-39-29(23)25)21-28(31(44)42-17-15-41(16-18-42)26-6-12-40(2)13-7-26)37-32(45)43-11-4-8-34(9-14-43)27-5-3-10-35-30(27)38-33(46)47-34/h3,5,10,19-20,22,26,28H,4,6-9,11-18,21H2,1-2H3,(H,36,39)(H,37,45)(H,35,38,46)/t28-,34+/m1/s1. The van der Waals surface area contributed by atoms with Crippen LogP contribution in [0.4, 0.5) is 15.4 Å². The molecule has 1 aromatic carbocycles. The zero-order chi connectivity index (χ0) is 32.5. The van der Waals surface area contributed by atoms with Gasteiger partial charge >= 0.3 is 12.1 Å². The summed E-state index contributed by atoms with van der Waals surface area (Å²) in [5.74, 6) is 0.456. The van der Waals surface area contributed by atoms with Gasteiger partial charge in [-0.2, -0.15) is 5.10 Å². The van der Waals surface area contributed by atoms with Crippen molar-refractivity contribution in [2.24, 2.45) is 0 Å². The fourth-order valence-corrected chi connectivity index (χ4v) is 7.90. The highest BCUT2D eigenvalue weighted by Gasteiger charge is 2.44. The van der Waals surface area contributed by atoms with Crippen molar-refractivity contribution < 1.29 is 19.1 Å². The second kappa shape index (κ2) is 13.1. The predicted molar refractivity (Wildman–Crippen MR) is 177 cm³/mol. The number of hydrogen-bond acceptors (Lipinski definition) is 8. The van der Waals surface area contributed by atoms with Crippen LogP contribution in [0.3, 0.4) is 0 Å². The van der Waals surface area contributed by atoms with Gasteiger partial charge in [0.2, 0.25) is 5.91 Å². The van der Waals surface area contributed by atoms with Crippen LogP contribution in [-0.2, 0) is 21.6 Å². The number of likely N-dealkylation sites (tertiary alicyclic amines) is 2. The highest BCUT2D eigenvalue weighted by Crippen LogP contribution is 2.42. The van der Waals surface area contributed by atoms with Crippen molar-refractivity contribution in [3.05, 3.63) is 53.3 Å². The van der Waals surface area contributed by atoms with E-state index < -0.39 is 17.7 Å². The number of ether oxygens (including phenoxy) is 1. The fraction of sp³-hybridized carbons (Fsp3) is 0.559. The van der Waals surface area contributed by atoms with Gasteiger partial charge in [0.15, 0.2) is 0 Å². The van der Waals surface area contributed by atoms with Crippen LogP contribution in [0.2, 0.25) is 0 Å². The molecular weight excluding hydrogens is 598 g/mol. The molecule has 4 amide bonds. The fourth-order valence-electron chi connectivity index (χ4n) is 7.90. The van der Waals surface area contributed by atoms with Crippen LogP contribution < -0.4 is 10.6 Å². The van der Waals surface area contributed by atoms with Crippen LogP contribution >= 0.6 is 0 Å². The summed E-state index contributed by atoms with van der Waals surface area (Å²) < 4.78 is 5.90. The summed E-state index contributed by atoms with van der Waals surface area (Å²) in [7, 11) is 2.18. The average molecular weight is 644 g/mol. The van der Waals surface area contributed by atoms with E-state index in [0.29, 0.717) is 63.7 Å². The first-order valence-corrected chi connectivity index (χ1v) is 16.9. The number of aryl methyl sites for hydroxylation is 1. The molecule has 0 saturated carbocycles. The molecule has 3 fully saturated rings. The number of carbonyl (C=O) groups is 3. The number of fused-ring (bicyclic) bond motifs is 3. The normalized spacial score (nSPS) is 23.6. The topological polar surface area (TPSA) is 139 Å². The second-order valence-electron chi connectivity index (χ2n) is 13.6. The van der Waals surface area contributed by atoms with Gasteiger partial charge in [-0.15, -0.1) is 0 Å². The number of urea groups is 1. The van der Waals surface area contributed by atoms with Crippen LogP contribution in [0.1, 0.15) is 48.8 Å². The number of anilines is 1. The van der Waals surface area contributed by atoms with Crippen molar-refractivity contribution in [1.82, 2.24) is 40.1 Å². The summed E-state index contributed by atoms with van der Waals surface area (Å²) in [6.07, 6.45) is 7.27. The molecule has 13 nitrogen and oxygen atoms in total. The molecule has 6 heterocycles. The van der Waals surface area contributed by atoms with E-state index in [1.807, 2.05) is 30.0 Å². The third kappa shape index (κ3) is 6.51. The van der Waals surface area contributed by atoms with Gasteiger partial charge in [0.05, 0.1) is 11.7 Å². The first-order valence-electron chi connectivity index (χ1n) is 16.9. The molecule has 4 aliphatic heterocycles. The summed E-state index contributed by atoms with van der Waals surface area (Å²) in [5.41, 5.74) is 2.98. The zero-order valence-electron chi connectivity index (χ0n) is 27.3. The maximum Gasteiger partial charge on any atom is 0.413 e. The number of aromatic amines is 1. The largest absolute Gasteiger partial charge is 0.438 e. The van der Waals surface area contributed by atoms with Gasteiger partial charge in [-0.25, -0.2) is 14.6 Å². The lowest BCUT2D eigenvalue weighted by atomic mass is 9.86. The summed E-state index contributed by atoms with van der Waals surface area (Å²) in [6, 6.07) is 7.44. The lowest BCUT2D eigenvalue weighted by Gasteiger charge is -2.43. The van der Waals surface area contributed by atoms with Crippen molar-refractivity contribution in [3.8, 4) is 0 Å². The lowest BCUT2D eigenvalue weighted by molar-refractivity contribution is -0.135. The smallest absolute Gasteiger partial charge is 0.413 e. The Morgan fingerprint density at radius 2 is 1.87 bits per heavy atom. The van der Waals surface area contributed by atoms with Gasteiger partial charge in [0.25, 0.3) is 0 Å². The summed E-state index contributed by atoms with van der Waals surface area (Å²) in [5, 5.41) is 14.1. The number of piperidine rings is 1. The molecule has 2 atom stereocenters. The van der Waals surface area contributed by atoms with Gasteiger partial charge in [-0.3, -0.25) is 20.1 Å². The molecule has 4 aliphatic rings. The molecule has 7 rings (SSSR count). The minimum atomic E-state index is -0.846. The van der Waals surface area contributed by atoms with Crippen molar-refractivity contribution in [2.75, 3.05) is 64.7 Å². The third-order valence-corrected chi connectivity index (χ3v) is 10.6. The van der Waals surface area contributed by atoms with Gasteiger partial charge in [-0.05, 0) is 82.1 Å². The van der Waals surface area contributed by atoms with Crippen LogP contribution in [0.15, 0.2) is 36.7 Å².